The molecule has 0 unspecified atom stereocenters. The van der Waals surface area contributed by atoms with Gasteiger partial charge in [-0.05, 0) is 97.8 Å². The first kappa shape index (κ1) is 36.3. The Morgan fingerprint density at radius 3 is 1.38 bits per heavy atom. The molecule has 4 heterocycles. The maximum Gasteiger partial charge on any atom is 0.273 e. The number of anilines is 2. The van der Waals surface area contributed by atoms with E-state index in [1.165, 1.54) is 0 Å². The fourth-order valence-corrected chi connectivity index (χ4v) is 7.83. The second kappa shape index (κ2) is 15.6. The molecule has 0 radical (unpaired) electrons. The number of hydrogen-bond donors (Lipinski definition) is 2. The topological polar surface area (TPSA) is 125 Å². The molecule has 0 aliphatic carbocycles. The van der Waals surface area contributed by atoms with Gasteiger partial charge >= 0.3 is 0 Å². The zero-order chi connectivity index (χ0) is 38.8. The number of likely N-dealkylation sites (tertiary alicyclic amines) is 2. The minimum absolute atomic E-state index is 0.215. The molecule has 2 atom stereocenters. The molecule has 10 heteroatoms. The summed E-state index contributed by atoms with van der Waals surface area (Å²) in [7, 11) is 0. The number of amides is 4. The van der Waals surface area contributed by atoms with Gasteiger partial charge in [-0.3, -0.25) is 19.2 Å². The summed E-state index contributed by atoms with van der Waals surface area (Å²) in [5, 5.41) is 9.47. The Labute approximate surface area is 325 Å². The lowest BCUT2D eigenvalue weighted by Gasteiger charge is -2.24. The number of pyridine rings is 2. The first-order valence-corrected chi connectivity index (χ1v) is 19.1. The summed E-state index contributed by atoms with van der Waals surface area (Å²) in [6.07, 6.45) is 6.62. The predicted octanol–water partition coefficient (Wildman–Crippen LogP) is 8.06. The van der Waals surface area contributed by atoms with Gasteiger partial charge in [-0.15, -0.1) is 0 Å². The highest BCUT2D eigenvalue weighted by molar-refractivity contribution is 6.09. The van der Waals surface area contributed by atoms with Crippen molar-refractivity contribution in [3.63, 3.8) is 0 Å². The Balaban J connectivity index is 0.865. The quantitative estimate of drug-likeness (QED) is 0.152. The van der Waals surface area contributed by atoms with Gasteiger partial charge in [0, 0.05) is 46.6 Å². The van der Waals surface area contributed by atoms with E-state index < -0.39 is 12.1 Å². The number of aryl methyl sites for hydroxylation is 2. The van der Waals surface area contributed by atoms with E-state index in [0.717, 1.165) is 56.9 Å². The molecule has 0 saturated carbocycles. The Morgan fingerprint density at radius 1 is 0.571 bits per heavy atom. The molecule has 0 bridgehead atoms. The van der Waals surface area contributed by atoms with Gasteiger partial charge in [0.15, 0.2) is 0 Å². The van der Waals surface area contributed by atoms with Crippen molar-refractivity contribution < 1.29 is 19.2 Å². The highest BCUT2D eigenvalue weighted by Gasteiger charge is 2.37. The first-order chi connectivity index (χ1) is 27.2. The normalized spacial score (nSPS) is 16.8. The van der Waals surface area contributed by atoms with Crippen LogP contribution in [-0.4, -0.2) is 68.6 Å². The lowest BCUT2D eigenvalue weighted by atomic mass is 10.1. The van der Waals surface area contributed by atoms with Crippen LogP contribution in [-0.2, 0) is 9.59 Å². The molecule has 2 aliphatic heterocycles. The van der Waals surface area contributed by atoms with E-state index in [2.05, 4.69) is 20.6 Å². The Kier molecular flexibility index (Phi) is 10.1. The summed E-state index contributed by atoms with van der Waals surface area (Å²) < 4.78 is 0. The van der Waals surface area contributed by atoms with Crippen LogP contribution in [0.3, 0.4) is 0 Å². The highest BCUT2D eigenvalue weighted by atomic mass is 16.2. The van der Waals surface area contributed by atoms with E-state index in [9.17, 15) is 19.2 Å². The van der Waals surface area contributed by atoms with Crippen molar-refractivity contribution in [3.8, 4) is 0 Å². The smallest absolute Gasteiger partial charge is 0.273 e. The van der Waals surface area contributed by atoms with E-state index >= 15 is 0 Å². The number of nitrogens with zero attached hydrogens (tertiary/aromatic N) is 4. The average Bonchev–Trinajstić information content (AvgIpc) is 3.91. The third kappa shape index (κ3) is 7.50. The van der Waals surface area contributed by atoms with E-state index in [1.54, 1.807) is 9.80 Å². The molecular formula is C46H42N6O4. The third-order valence-electron chi connectivity index (χ3n) is 10.6. The van der Waals surface area contributed by atoms with Gasteiger partial charge in [-0.1, -0.05) is 84.9 Å². The van der Waals surface area contributed by atoms with Crippen molar-refractivity contribution >= 4 is 68.7 Å². The minimum atomic E-state index is -0.577. The van der Waals surface area contributed by atoms with Gasteiger partial charge in [0.2, 0.25) is 11.8 Å². The van der Waals surface area contributed by atoms with Gasteiger partial charge < -0.3 is 20.4 Å². The summed E-state index contributed by atoms with van der Waals surface area (Å²) >= 11 is 0. The SMILES string of the molecule is Cc1cc2ccccc2c(C(=O)N2CCC[C@H]2C(=O)Nc2ccc(/C=C/c3ccc(NC(=O)[C@@H]4CCCN4C(=O)c4nc(C)cc5ccccc45)cc3)cc2)n1. The van der Waals surface area contributed by atoms with E-state index in [-0.39, 0.29) is 23.6 Å². The van der Waals surface area contributed by atoms with Crippen LogP contribution in [0.15, 0.2) is 109 Å². The van der Waals surface area contributed by atoms with Crippen LogP contribution in [0, 0.1) is 13.8 Å². The minimum Gasteiger partial charge on any atom is -0.325 e. The molecule has 2 aliphatic rings. The van der Waals surface area contributed by atoms with Gasteiger partial charge in [-0.25, -0.2) is 9.97 Å². The Morgan fingerprint density at radius 2 is 0.964 bits per heavy atom. The number of aromatic nitrogens is 2. The molecule has 4 amide bonds. The van der Waals surface area contributed by atoms with E-state index in [0.29, 0.717) is 48.7 Å². The van der Waals surface area contributed by atoms with Crippen molar-refractivity contribution in [3.05, 3.63) is 143 Å². The molecule has 280 valence electrons. The van der Waals surface area contributed by atoms with E-state index in [4.69, 9.17) is 0 Å². The lowest BCUT2D eigenvalue weighted by Crippen LogP contribution is -2.43. The maximum atomic E-state index is 13.7. The molecule has 4 aromatic carbocycles. The number of benzene rings is 4. The Hall–Kier alpha value is -6.68. The average molecular weight is 743 g/mol. The number of fused-ring (bicyclic) bond motifs is 2. The second-order valence-corrected chi connectivity index (χ2v) is 14.5. The number of carbonyl (C=O) groups is 4. The summed E-state index contributed by atoms with van der Waals surface area (Å²) in [5.41, 5.74) is 5.46. The number of carbonyl (C=O) groups excluding carboxylic acids is 4. The van der Waals surface area contributed by atoms with Crippen LogP contribution in [0.25, 0.3) is 33.7 Å². The summed E-state index contributed by atoms with van der Waals surface area (Å²) in [6, 6.07) is 33.2. The van der Waals surface area contributed by atoms with Crippen molar-refractivity contribution in [2.45, 2.75) is 51.6 Å². The second-order valence-electron chi connectivity index (χ2n) is 14.5. The molecule has 10 nitrogen and oxygen atoms in total. The molecule has 8 rings (SSSR count). The molecule has 2 N–H and O–H groups in total. The molecular weight excluding hydrogens is 701 g/mol. The standard InChI is InChI=1S/C46H42N6O4/c1-29-27-33-9-3-5-11-37(33)41(47-29)45(55)51-25-7-13-39(51)43(53)49-35-21-17-31(18-22-35)15-16-32-19-23-36(24-20-32)50-44(54)40-14-8-26-52(40)46(56)42-38-12-6-4-10-34(38)28-30(2)48-42/h3-6,9-12,15-24,27-28,39-40H,7-8,13-14,25-26H2,1-2H3,(H,49,53)(H,50,54)/b16-15+/t39-,40-/m0/s1. The summed E-state index contributed by atoms with van der Waals surface area (Å²) in [5.74, 6) is -0.883. The first-order valence-electron chi connectivity index (χ1n) is 19.1. The van der Waals surface area contributed by atoms with Crippen LogP contribution in [0.5, 0.6) is 0 Å². The molecule has 2 aromatic heterocycles. The summed E-state index contributed by atoms with van der Waals surface area (Å²) in [4.78, 5) is 66.7. The number of nitrogens with one attached hydrogen (secondary N) is 2. The van der Waals surface area contributed by atoms with Crippen LogP contribution >= 0.6 is 0 Å². The molecule has 0 spiro atoms. The highest BCUT2D eigenvalue weighted by Crippen LogP contribution is 2.28. The van der Waals surface area contributed by atoms with E-state index in [1.807, 2.05) is 135 Å². The van der Waals surface area contributed by atoms with Crippen molar-refractivity contribution in [2.24, 2.45) is 0 Å². The number of hydrogen-bond acceptors (Lipinski definition) is 6. The van der Waals surface area contributed by atoms with Gasteiger partial charge in [0.05, 0.1) is 0 Å². The van der Waals surface area contributed by atoms with Crippen molar-refractivity contribution in [1.82, 2.24) is 19.8 Å². The predicted molar refractivity (Wildman–Crippen MR) is 220 cm³/mol. The molecule has 56 heavy (non-hydrogen) atoms. The molecule has 2 fully saturated rings. The van der Waals surface area contributed by atoms with Crippen LogP contribution in [0.2, 0.25) is 0 Å². The van der Waals surface area contributed by atoms with Gasteiger partial charge in [-0.2, -0.15) is 0 Å². The van der Waals surface area contributed by atoms with Crippen LogP contribution < -0.4 is 10.6 Å². The van der Waals surface area contributed by atoms with Gasteiger partial charge in [0.1, 0.15) is 23.5 Å². The molecule has 2 saturated heterocycles. The monoisotopic (exact) mass is 742 g/mol. The van der Waals surface area contributed by atoms with Crippen LogP contribution in [0.4, 0.5) is 11.4 Å². The number of rotatable bonds is 8. The fraction of sp³-hybridized carbons (Fsp3) is 0.217. The Bertz CT molecular complexity index is 2340. The maximum absolute atomic E-state index is 13.7. The van der Waals surface area contributed by atoms with Crippen molar-refractivity contribution in [2.75, 3.05) is 23.7 Å². The zero-order valence-corrected chi connectivity index (χ0v) is 31.4. The van der Waals surface area contributed by atoms with Crippen LogP contribution in [0.1, 0.15) is 69.2 Å². The fourth-order valence-electron chi connectivity index (χ4n) is 7.83. The molecule has 6 aromatic rings. The van der Waals surface area contributed by atoms with Gasteiger partial charge in [0.25, 0.3) is 11.8 Å². The summed E-state index contributed by atoms with van der Waals surface area (Å²) in [6.45, 7) is 4.75. The largest absolute Gasteiger partial charge is 0.325 e. The lowest BCUT2D eigenvalue weighted by molar-refractivity contribution is -0.120. The zero-order valence-electron chi connectivity index (χ0n) is 31.4. The third-order valence-corrected chi connectivity index (χ3v) is 10.6. The van der Waals surface area contributed by atoms with Crippen molar-refractivity contribution in [1.29, 1.82) is 0 Å².